The minimum absolute atomic E-state index is 0.0118. The summed E-state index contributed by atoms with van der Waals surface area (Å²) in [5.74, 6) is 0.660. The van der Waals surface area contributed by atoms with Crippen molar-refractivity contribution in [3.8, 4) is 5.75 Å². The van der Waals surface area contributed by atoms with Gasteiger partial charge < -0.3 is 9.64 Å². The molecule has 3 rings (SSSR count). The molecule has 1 spiro atoms. The van der Waals surface area contributed by atoms with Gasteiger partial charge in [0.05, 0.1) is 17.7 Å². The first kappa shape index (κ1) is 17.9. The maximum atomic E-state index is 12.0. The summed E-state index contributed by atoms with van der Waals surface area (Å²) in [6.45, 7) is 4.97. The Balaban J connectivity index is 2.06. The van der Waals surface area contributed by atoms with E-state index in [4.69, 9.17) is 4.74 Å². The molecule has 132 valence electrons. The van der Waals surface area contributed by atoms with Gasteiger partial charge in [-0.25, -0.2) is 5.01 Å². The molecule has 0 N–H and O–H groups in total. The Morgan fingerprint density at radius 3 is 2.24 bits per heavy atom. The lowest BCUT2D eigenvalue weighted by Crippen LogP contribution is -2.47. The molecule has 8 heteroatoms. The minimum atomic E-state index is -0.722. The fraction of sp³-hybridized carbons (Fsp3) is 0.353. The number of ketones is 2. The second-order valence-corrected chi connectivity index (χ2v) is 8.35. The van der Waals surface area contributed by atoms with Gasteiger partial charge >= 0.3 is 0 Å². The predicted octanol–water partition coefficient (Wildman–Crippen LogP) is 3.26. The summed E-state index contributed by atoms with van der Waals surface area (Å²) in [6, 6.07) is 7.48. The topological polar surface area (TPSA) is 62.2 Å². The molecule has 1 atom stereocenters. The van der Waals surface area contributed by atoms with Crippen molar-refractivity contribution in [2.45, 2.75) is 25.1 Å². The lowest BCUT2D eigenvalue weighted by atomic mass is 10.3. The number of rotatable bonds is 4. The molecule has 25 heavy (non-hydrogen) atoms. The van der Waals surface area contributed by atoms with Gasteiger partial charge in [0.25, 0.3) is 0 Å². The summed E-state index contributed by atoms with van der Waals surface area (Å²) in [6.07, 6.45) is 0. The number of benzene rings is 1. The van der Waals surface area contributed by atoms with Crippen LogP contribution >= 0.6 is 23.5 Å². The zero-order valence-electron chi connectivity index (χ0n) is 14.7. The molecule has 0 fully saturated rings. The van der Waals surface area contributed by atoms with Crippen LogP contribution in [0.2, 0.25) is 0 Å². The van der Waals surface area contributed by atoms with Crippen molar-refractivity contribution in [3.63, 3.8) is 0 Å². The molecule has 2 aliphatic heterocycles. The number of carbonyl (C=O) groups excluding carboxylic acids is 2. The Labute approximate surface area is 155 Å². The summed E-state index contributed by atoms with van der Waals surface area (Å²) in [7, 11) is 3.53. The summed E-state index contributed by atoms with van der Waals surface area (Å²) in [5, 5.41) is 6.78. The molecule has 0 unspecified atom stereocenters. The van der Waals surface area contributed by atoms with Gasteiger partial charge in [0.2, 0.25) is 4.33 Å². The van der Waals surface area contributed by atoms with Crippen LogP contribution in [0, 0.1) is 0 Å². The molecule has 1 aromatic rings. The molecule has 2 aliphatic rings. The molecule has 0 amide bonds. The average Bonchev–Trinajstić information content (AvgIpc) is 3.10. The van der Waals surface area contributed by atoms with Crippen molar-refractivity contribution < 1.29 is 14.3 Å². The molecule has 0 saturated heterocycles. The molecular formula is C17H19N3O3S2. The molecule has 0 aromatic heterocycles. The summed E-state index contributed by atoms with van der Waals surface area (Å²) in [4.78, 5) is 26.7. The molecule has 0 radical (unpaired) electrons. The minimum Gasteiger partial charge on any atom is -0.497 e. The van der Waals surface area contributed by atoms with Crippen LogP contribution in [0.25, 0.3) is 0 Å². The Kier molecular flexibility index (Phi) is 4.59. The Hall–Kier alpha value is -1.93. The first-order chi connectivity index (χ1) is 11.8. The predicted molar refractivity (Wildman–Crippen MR) is 103 cm³/mol. The molecule has 0 aliphatic carbocycles. The molecular weight excluding hydrogens is 358 g/mol. The number of anilines is 1. The number of carbonyl (C=O) groups is 2. The van der Waals surface area contributed by atoms with Crippen LogP contribution in [0.15, 0.2) is 40.0 Å². The summed E-state index contributed by atoms with van der Waals surface area (Å²) < 4.78 is 4.49. The number of allylic oxidation sites excluding steroid dienone is 2. The molecule has 1 aromatic carbocycles. The van der Waals surface area contributed by atoms with Crippen LogP contribution < -0.4 is 9.75 Å². The van der Waals surface area contributed by atoms with E-state index >= 15 is 0 Å². The Morgan fingerprint density at radius 2 is 1.76 bits per heavy atom. The SMILES string of the molecule is COc1ccc(N2N=C(C(C)=O)S[C@]23SC(C(C)=O)=C(C)N3C)cc1. The highest BCUT2D eigenvalue weighted by Crippen LogP contribution is 2.58. The third-order valence-corrected chi connectivity index (χ3v) is 7.39. The molecule has 2 heterocycles. The van der Waals surface area contributed by atoms with E-state index < -0.39 is 4.33 Å². The monoisotopic (exact) mass is 377 g/mol. The van der Waals surface area contributed by atoms with Crippen molar-refractivity contribution >= 4 is 45.8 Å². The second-order valence-electron chi connectivity index (χ2n) is 5.75. The highest BCUT2D eigenvalue weighted by molar-refractivity contribution is 8.28. The van der Waals surface area contributed by atoms with Gasteiger partial charge in [0.15, 0.2) is 16.6 Å². The zero-order valence-corrected chi connectivity index (χ0v) is 16.3. The van der Waals surface area contributed by atoms with Crippen molar-refractivity contribution in [2.75, 3.05) is 19.2 Å². The van der Waals surface area contributed by atoms with E-state index in [1.54, 1.807) is 19.0 Å². The van der Waals surface area contributed by atoms with E-state index in [0.29, 0.717) is 9.95 Å². The largest absolute Gasteiger partial charge is 0.497 e. The van der Waals surface area contributed by atoms with Crippen LogP contribution in [0.1, 0.15) is 20.8 Å². The highest BCUT2D eigenvalue weighted by atomic mass is 32.2. The summed E-state index contributed by atoms with van der Waals surface area (Å²) in [5.41, 5.74) is 1.70. The lowest BCUT2D eigenvalue weighted by Gasteiger charge is -2.39. The van der Waals surface area contributed by atoms with Crippen LogP contribution in [-0.4, -0.2) is 40.0 Å². The lowest BCUT2D eigenvalue weighted by molar-refractivity contribution is -0.113. The normalized spacial score (nSPS) is 22.7. The van der Waals surface area contributed by atoms with Crippen molar-refractivity contribution in [2.24, 2.45) is 5.10 Å². The number of hydrogen-bond donors (Lipinski definition) is 0. The quantitative estimate of drug-likeness (QED) is 0.798. The highest BCUT2D eigenvalue weighted by Gasteiger charge is 2.55. The van der Waals surface area contributed by atoms with E-state index in [1.807, 2.05) is 43.1 Å². The Bertz CT molecular complexity index is 804. The molecule has 0 saturated carbocycles. The van der Waals surface area contributed by atoms with Crippen LogP contribution in [-0.2, 0) is 9.59 Å². The molecule has 0 bridgehead atoms. The summed E-state index contributed by atoms with van der Waals surface area (Å²) >= 11 is 2.79. The molecule has 6 nitrogen and oxygen atoms in total. The fourth-order valence-corrected chi connectivity index (χ4v) is 5.55. The van der Waals surface area contributed by atoms with E-state index in [2.05, 4.69) is 5.10 Å². The standard InChI is InChI=1S/C17H19N3O3S2/c1-10-15(11(2)21)24-17(19(10)4)20(18-16(25-17)12(3)22)13-6-8-14(23-5)9-7-13/h6-9H,1-5H3/t17-/m0/s1. The van der Waals surface area contributed by atoms with Gasteiger partial charge in [-0.05, 0) is 49.9 Å². The maximum absolute atomic E-state index is 12.0. The van der Waals surface area contributed by atoms with Gasteiger partial charge in [-0.15, -0.1) is 0 Å². The van der Waals surface area contributed by atoms with Crippen molar-refractivity contribution in [3.05, 3.63) is 34.9 Å². The van der Waals surface area contributed by atoms with Gasteiger partial charge in [0, 0.05) is 19.7 Å². The van der Waals surface area contributed by atoms with Crippen molar-refractivity contribution in [1.29, 1.82) is 0 Å². The third kappa shape index (κ3) is 2.83. The smallest absolute Gasteiger partial charge is 0.241 e. The van der Waals surface area contributed by atoms with E-state index in [-0.39, 0.29) is 11.6 Å². The van der Waals surface area contributed by atoms with Crippen LogP contribution in [0.4, 0.5) is 5.69 Å². The van der Waals surface area contributed by atoms with Gasteiger partial charge in [-0.3, -0.25) is 9.59 Å². The number of Topliss-reactive ketones (excluding diaryl/α,β-unsaturated/α-hetero) is 2. The fourth-order valence-electron chi connectivity index (χ4n) is 2.67. The Morgan fingerprint density at radius 1 is 1.12 bits per heavy atom. The van der Waals surface area contributed by atoms with Crippen LogP contribution in [0.3, 0.4) is 0 Å². The second kappa shape index (κ2) is 6.42. The average molecular weight is 377 g/mol. The van der Waals surface area contributed by atoms with Crippen LogP contribution in [0.5, 0.6) is 5.75 Å². The first-order valence-electron chi connectivity index (χ1n) is 7.67. The first-order valence-corrected chi connectivity index (χ1v) is 9.31. The van der Waals surface area contributed by atoms with Gasteiger partial charge in [0.1, 0.15) is 5.75 Å². The number of nitrogens with zero attached hydrogens (tertiary/aromatic N) is 3. The van der Waals surface area contributed by atoms with Gasteiger partial charge in [-0.1, -0.05) is 11.8 Å². The number of hydrazone groups is 1. The third-order valence-electron chi connectivity index (χ3n) is 4.12. The maximum Gasteiger partial charge on any atom is 0.241 e. The number of ether oxygens (including phenoxy) is 1. The van der Waals surface area contributed by atoms with Gasteiger partial charge in [-0.2, -0.15) is 5.10 Å². The van der Waals surface area contributed by atoms with E-state index in [1.165, 1.54) is 30.4 Å². The number of thioether (sulfide) groups is 2. The van der Waals surface area contributed by atoms with Crippen molar-refractivity contribution in [1.82, 2.24) is 4.90 Å². The van der Waals surface area contributed by atoms with E-state index in [9.17, 15) is 9.59 Å². The van der Waals surface area contributed by atoms with E-state index in [0.717, 1.165) is 17.1 Å². The number of hydrogen-bond acceptors (Lipinski definition) is 8. The number of methoxy groups -OCH3 is 1. The zero-order chi connectivity index (χ0) is 18.4.